The van der Waals surface area contributed by atoms with E-state index in [1.165, 1.54) is 0 Å². The highest BCUT2D eigenvalue weighted by molar-refractivity contribution is 5.10. The maximum Gasteiger partial charge on any atom is 0.182 e. The Bertz CT molecular complexity index is 157. The fourth-order valence-electron chi connectivity index (χ4n) is 0.867. The van der Waals surface area contributed by atoms with Crippen molar-refractivity contribution in [3.8, 4) is 0 Å². The predicted molar refractivity (Wildman–Crippen MR) is 29.6 cm³/mol. The van der Waals surface area contributed by atoms with Crippen molar-refractivity contribution in [2.24, 2.45) is 0 Å². The summed E-state index contributed by atoms with van der Waals surface area (Å²) in [5, 5.41) is 8.64. The molecule has 4 heteroatoms. The number of hydrogen-bond donors (Lipinski definition) is 1. The average molecular weight is 152 g/mol. The second kappa shape index (κ2) is 2.62. The van der Waals surface area contributed by atoms with Gasteiger partial charge in [0.2, 0.25) is 0 Å². The van der Waals surface area contributed by atoms with Gasteiger partial charge in [-0.25, -0.2) is 13.2 Å². The number of halogens is 3. The summed E-state index contributed by atoms with van der Waals surface area (Å²) in [6, 6.07) is 0. The van der Waals surface area contributed by atoms with Crippen LogP contribution in [0, 0.1) is 0 Å². The first-order valence-electron chi connectivity index (χ1n) is 2.94. The van der Waals surface area contributed by atoms with Gasteiger partial charge < -0.3 is 5.11 Å². The Hall–Kier alpha value is -0.510. The maximum atomic E-state index is 12.3. The van der Waals surface area contributed by atoms with Crippen LogP contribution in [0.2, 0.25) is 0 Å². The molecule has 0 spiro atoms. The van der Waals surface area contributed by atoms with Crippen molar-refractivity contribution in [1.82, 2.24) is 0 Å². The monoisotopic (exact) mass is 152 g/mol. The van der Waals surface area contributed by atoms with E-state index in [0.29, 0.717) is 6.08 Å². The summed E-state index contributed by atoms with van der Waals surface area (Å²) in [5.74, 6) is -1.20. The van der Waals surface area contributed by atoms with E-state index in [-0.39, 0.29) is 6.42 Å². The molecule has 1 aliphatic carbocycles. The molecule has 0 aromatic carbocycles. The minimum absolute atomic E-state index is 0.353. The average Bonchev–Trinajstić information content (AvgIpc) is 1.82. The molecule has 58 valence electrons. The lowest BCUT2D eigenvalue weighted by molar-refractivity contribution is 0.0898. The molecule has 1 rings (SSSR count). The van der Waals surface area contributed by atoms with Crippen molar-refractivity contribution in [3.05, 3.63) is 11.9 Å². The number of aliphatic hydroxyl groups excluding tert-OH is 1. The second-order valence-corrected chi connectivity index (χ2v) is 2.27. The number of allylic oxidation sites excluding steroid dienone is 1. The zero-order valence-corrected chi connectivity index (χ0v) is 5.10. The number of alkyl halides is 2. The molecule has 10 heavy (non-hydrogen) atoms. The van der Waals surface area contributed by atoms with E-state index in [9.17, 15) is 13.2 Å². The first kappa shape index (κ1) is 7.60. The normalized spacial score (nSPS) is 41.2. The minimum atomic E-state index is -2.18. The van der Waals surface area contributed by atoms with E-state index in [1.54, 1.807) is 0 Å². The molecular weight excluding hydrogens is 145 g/mol. The van der Waals surface area contributed by atoms with Crippen LogP contribution < -0.4 is 0 Å². The smallest absolute Gasteiger partial charge is 0.182 e. The van der Waals surface area contributed by atoms with Crippen molar-refractivity contribution in [3.63, 3.8) is 0 Å². The molecule has 0 bridgehead atoms. The van der Waals surface area contributed by atoms with Gasteiger partial charge in [0.15, 0.2) is 6.17 Å². The minimum Gasteiger partial charge on any atom is -0.389 e. The van der Waals surface area contributed by atoms with Gasteiger partial charge in [0, 0.05) is 6.42 Å². The Kier molecular flexibility index (Phi) is 1.99. The van der Waals surface area contributed by atoms with Crippen molar-refractivity contribution in [2.45, 2.75) is 24.9 Å². The van der Waals surface area contributed by atoms with Crippen LogP contribution in [0.5, 0.6) is 0 Å². The van der Waals surface area contributed by atoms with Crippen molar-refractivity contribution in [1.29, 1.82) is 0 Å². The molecule has 0 saturated carbocycles. The van der Waals surface area contributed by atoms with Gasteiger partial charge in [0.1, 0.15) is 12.0 Å². The van der Waals surface area contributed by atoms with Crippen LogP contribution in [0.15, 0.2) is 11.9 Å². The first-order valence-corrected chi connectivity index (χ1v) is 2.94. The lowest BCUT2D eigenvalue weighted by Gasteiger charge is -2.19. The van der Waals surface area contributed by atoms with Gasteiger partial charge in [-0.05, 0) is 6.08 Å². The summed E-state index contributed by atoms with van der Waals surface area (Å²) in [7, 11) is 0. The van der Waals surface area contributed by atoms with Crippen LogP contribution in [0.3, 0.4) is 0 Å². The van der Waals surface area contributed by atoms with Gasteiger partial charge in [-0.2, -0.15) is 0 Å². The summed E-state index contributed by atoms with van der Waals surface area (Å²) < 4.78 is 36.6. The summed E-state index contributed by atoms with van der Waals surface area (Å²) in [6.07, 6.45) is -4.92. The molecule has 0 aromatic heterocycles. The molecule has 1 aliphatic rings. The Labute approximate surface area is 56.2 Å². The van der Waals surface area contributed by atoms with Gasteiger partial charge in [-0.1, -0.05) is 0 Å². The quantitative estimate of drug-likeness (QED) is 0.554. The molecular formula is C6H7F3O. The van der Waals surface area contributed by atoms with Gasteiger partial charge in [0.05, 0.1) is 6.10 Å². The number of rotatable bonds is 0. The van der Waals surface area contributed by atoms with Gasteiger partial charge in [-0.15, -0.1) is 0 Å². The lowest BCUT2D eigenvalue weighted by Crippen LogP contribution is -2.28. The standard InChI is InChI=1S/C6H7F3O/c7-4-1-3(10)2-5(8)6(4)9/h1,3,5-6,10H,2H2. The first-order chi connectivity index (χ1) is 4.61. The van der Waals surface area contributed by atoms with Gasteiger partial charge in [0.25, 0.3) is 0 Å². The van der Waals surface area contributed by atoms with Crippen molar-refractivity contribution >= 4 is 0 Å². The van der Waals surface area contributed by atoms with Crippen LogP contribution in [0.25, 0.3) is 0 Å². The molecule has 1 N–H and O–H groups in total. The molecule has 0 aromatic rings. The lowest BCUT2D eigenvalue weighted by atomic mass is 10.0. The van der Waals surface area contributed by atoms with Crippen LogP contribution >= 0.6 is 0 Å². The van der Waals surface area contributed by atoms with Crippen LogP contribution in [0.1, 0.15) is 6.42 Å². The molecule has 0 amide bonds. The Morgan fingerprint density at radius 3 is 2.60 bits per heavy atom. The topological polar surface area (TPSA) is 20.2 Å². The van der Waals surface area contributed by atoms with Gasteiger partial charge >= 0.3 is 0 Å². The molecule has 0 fully saturated rings. The molecule has 0 heterocycles. The fourth-order valence-corrected chi connectivity index (χ4v) is 0.867. The summed E-state index contributed by atoms with van der Waals surface area (Å²) >= 11 is 0. The van der Waals surface area contributed by atoms with E-state index in [4.69, 9.17) is 5.11 Å². The van der Waals surface area contributed by atoms with Crippen molar-refractivity contribution < 1.29 is 18.3 Å². The molecule has 0 aliphatic heterocycles. The highest BCUT2D eigenvalue weighted by Crippen LogP contribution is 2.25. The fraction of sp³-hybridized carbons (Fsp3) is 0.667. The zero-order chi connectivity index (χ0) is 7.72. The van der Waals surface area contributed by atoms with E-state index in [0.717, 1.165) is 0 Å². The third-order valence-corrected chi connectivity index (χ3v) is 1.40. The van der Waals surface area contributed by atoms with Crippen LogP contribution in [-0.2, 0) is 0 Å². The molecule has 1 nitrogen and oxygen atoms in total. The Morgan fingerprint density at radius 1 is 1.50 bits per heavy atom. The molecule has 0 radical (unpaired) electrons. The molecule has 0 saturated heterocycles. The largest absolute Gasteiger partial charge is 0.389 e. The Balaban J connectivity index is 2.71. The highest BCUT2D eigenvalue weighted by atomic mass is 19.2. The molecule has 3 atom stereocenters. The second-order valence-electron chi connectivity index (χ2n) is 2.27. The summed E-state index contributed by atoms with van der Waals surface area (Å²) in [4.78, 5) is 0. The molecule has 3 unspecified atom stereocenters. The third-order valence-electron chi connectivity index (χ3n) is 1.40. The predicted octanol–water partition coefficient (Wildman–Crippen LogP) is 1.28. The van der Waals surface area contributed by atoms with Crippen LogP contribution in [0.4, 0.5) is 13.2 Å². The summed E-state index contributed by atoms with van der Waals surface area (Å²) in [6.45, 7) is 0. The SMILES string of the molecule is OC1C=C(F)C(F)C(F)C1. The van der Waals surface area contributed by atoms with E-state index in [1.807, 2.05) is 0 Å². The maximum absolute atomic E-state index is 12.3. The number of hydrogen-bond acceptors (Lipinski definition) is 1. The summed E-state index contributed by atoms with van der Waals surface area (Å²) in [5.41, 5.74) is 0. The van der Waals surface area contributed by atoms with E-state index < -0.39 is 24.3 Å². The highest BCUT2D eigenvalue weighted by Gasteiger charge is 2.31. The van der Waals surface area contributed by atoms with E-state index in [2.05, 4.69) is 0 Å². The van der Waals surface area contributed by atoms with Crippen LogP contribution in [-0.4, -0.2) is 23.6 Å². The third kappa shape index (κ3) is 1.31. The van der Waals surface area contributed by atoms with Crippen molar-refractivity contribution in [2.75, 3.05) is 0 Å². The number of aliphatic hydroxyl groups is 1. The van der Waals surface area contributed by atoms with E-state index >= 15 is 0 Å². The zero-order valence-electron chi connectivity index (χ0n) is 5.10. The Morgan fingerprint density at radius 2 is 2.10 bits per heavy atom. The van der Waals surface area contributed by atoms with Gasteiger partial charge in [-0.3, -0.25) is 0 Å².